The van der Waals surface area contributed by atoms with Crippen LogP contribution in [0.25, 0.3) is 0 Å². The molecule has 1 aliphatic rings. The van der Waals surface area contributed by atoms with Gasteiger partial charge in [-0.15, -0.1) is 0 Å². The molecule has 1 N–H and O–H groups in total. The number of imidazole rings is 1. The van der Waals surface area contributed by atoms with Crippen LogP contribution in [-0.4, -0.2) is 47.1 Å². The lowest BCUT2D eigenvalue weighted by atomic mass is 10.1. The van der Waals surface area contributed by atoms with Crippen LogP contribution >= 0.6 is 0 Å². The van der Waals surface area contributed by atoms with Crippen molar-refractivity contribution in [1.29, 1.82) is 0 Å². The fraction of sp³-hybridized carbons (Fsp3) is 0.667. The van der Waals surface area contributed by atoms with Crippen LogP contribution in [0, 0.1) is 5.92 Å². The van der Waals surface area contributed by atoms with Gasteiger partial charge < -0.3 is 9.67 Å². The van der Waals surface area contributed by atoms with Crippen LogP contribution in [-0.2, 0) is 17.1 Å². The molecular weight excluding hydrogens is 230 g/mol. The van der Waals surface area contributed by atoms with Gasteiger partial charge in [0, 0.05) is 32.9 Å². The van der Waals surface area contributed by atoms with E-state index in [9.17, 15) is 8.42 Å². The second-order valence-electron chi connectivity index (χ2n) is 4.08. The van der Waals surface area contributed by atoms with Crippen LogP contribution in [0.2, 0.25) is 0 Å². The first-order valence-corrected chi connectivity index (χ1v) is 6.57. The Bertz CT molecular complexity index is 468. The van der Waals surface area contributed by atoms with Crippen molar-refractivity contribution in [3.63, 3.8) is 0 Å². The molecule has 1 aromatic heterocycles. The number of aryl methyl sites for hydroxylation is 1. The Kier molecular flexibility index (Phi) is 3.00. The molecule has 6 nitrogen and oxygen atoms in total. The van der Waals surface area contributed by atoms with Crippen molar-refractivity contribution in [3.05, 3.63) is 12.5 Å². The highest BCUT2D eigenvalue weighted by Crippen LogP contribution is 2.22. The summed E-state index contributed by atoms with van der Waals surface area (Å²) in [4.78, 5) is 3.85. The Morgan fingerprint density at radius 2 is 2.38 bits per heavy atom. The fourth-order valence-corrected chi connectivity index (χ4v) is 3.32. The zero-order chi connectivity index (χ0) is 11.8. The summed E-state index contributed by atoms with van der Waals surface area (Å²) in [7, 11) is -1.74. The van der Waals surface area contributed by atoms with Gasteiger partial charge in [-0.1, -0.05) is 0 Å². The molecule has 7 heteroatoms. The SMILES string of the molecule is Cn1cnc(S(=O)(=O)N2CCC(CO)C2)c1. The summed E-state index contributed by atoms with van der Waals surface area (Å²) in [6.07, 6.45) is 3.66. The summed E-state index contributed by atoms with van der Waals surface area (Å²) < 4.78 is 27.1. The van der Waals surface area contributed by atoms with Crippen LogP contribution in [0.5, 0.6) is 0 Å². The first kappa shape index (κ1) is 11.6. The van der Waals surface area contributed by atoms with E-state index in [1.807, 2.05) is 0 Å². The Balaban J connectivity index is 2.21. The van der Waals surface area contributed by atoms with Gasteiger partial charge in [0.25, 0.3) is 10.0 Å². The van der Waals surface area contributed by atoms with E-state index >= 15 is 0 Å². The highest BCUT2D eigenvalue weighted by Gasteiger charge is 2.33. The molecule has 0 radical (unpaired) electrons. The van der Waals surface area contributed by atoms with Crippen molar-refractivity contribution in [2.24, 2.45) is 13.0 Å². The van der Waals surface area contributed by atoms with Gasteiger partial charge in [0.2, 0.25) is 0 Å². The minimum atomic E-state index is -3.47. The van der Waals surface area contributed by atoms with Gasteiger partial charge in [-0.05, 0) is 12.3 Å². The normalized spacial score (nSPS) is 22.8. The van der Waals surface area contributed by atoms with Crippen molar-refractivity contribution in [3.8, 4) is 0 Å². The maximum absolute atomic E-state index is 12.1. The average Bonchev–Trinajstić information content (AvgIpc) is 2.85. The summed E-state index contributed by atoms with van der Waals surface area (Å²) in [6, 6.07) is 0. The van der Waals surface area contributed by atoms with Crippen molar-refractivity contribution in [2.45, 2.75) is 11.4 Å². The van der Waals surface area contributed by atoms with Crippen molar-refractivity contribution in [2.75, 3.05) is 19.7 Å². The van der Waals surface area contributed by atoms with E-state index in [-0.39, 0.29) is 17.6 Å². The number of hydrogen-bond donors (Lipinski definition) is 1. The zero-order valence-corrected chi connectivity index (χ0v) is 9.89. The second kappa shape index (κ2) is 4.15. The van der Waals surface area contributed by atoms with E-state index in [0.29, 0.717) is 19.5 Å². The molecule has 1 saturated heterocycles. The van der Waals surface area contributed by atoms with Gasteiger partial charge in [0.15, 0.2) is 5.03 Å². The summed E-state index contributed by atoms with van der Waals surface area (Å²) in [5.41, 5.74) is 0. The molecular formula is C9H15N3O3S. The number of sulfonamides is 1. The quantitative estimate of drug-likeness (QED) is 0.773. The Hall–Kier alpha value is -0.920. The van der Waals surface area contributed by atoms with E-state index in [1.54, 1.807) is 11.6 Å². The van der Waals surface area contributed by atoms with E-state index in [0.717, 1.165) is 0 Å². The van der Waals surface area contributed by atoms with Gasteiger partial charge in [-0.3, -0.25) is 0 Å². The van der Waals surface area contributed by atoms with Gasteiger partial charge in [-0.25, -0.2) is 13.4 Å². The zero-order valence-electron chi connectivity index (χ0n) is 9.07. The molecule has 2 rings (SSSR count). The third-order valence-corrected chi connectivity index (χ3v) is 4.54. The molecule has 1 aromatic rings. The lowest BCUT2D eigenvalue weighted by molar-refractivity contribution is 0.233. The van der Waals surface area contributed by atoms with Crippen LogP contribution in [0.3, 0.4) is 0 Å². The molecule has 1 atom stereocenters. The number of aromatic nitrogens is 2. The first-order chi connectivity index (χ1) is 7.54. The molecule has 0 spiro atoms. The molecule has 1 unspecified atom stereocenters. The van der Waals surface area contributed by atoms with Crippen molar-refractivity contribution >= 4 is 10.0 Å². The number of aliphatic hydroxyl groups is 1. The Labute approximate surface area is 94.6 Å². The van der Waals surface area contributed by atoms with Crippen LogP contribution in [0.15, 0.2) is 17.6 Å². The molecule has 0 amide bonds. The topological polar surface area (TPSA) is 75.4 Å². The third kappa shape index (κ3) is 1.98. The lowest BCUT2D eigenvalue weighted by Gasteiger charge is -2.13. The minimum Gasteiger partial charge on any atom is -0.396 e. The lowest BCUT2D eigenvalue weighted by Crippen LogP contribution is -2.29. The molecule has 0 bridgehead atoms. The average molecular weight is 245 g/mol. The molecule has 1 aliphatic heterocycles. The molecule has 0 aromatic carbocycles. The molecule has 90 valence electrons. The predicted molar refractivity (Wildman–Crippen MR) is 57.2 cm³/mol. The van der Waals surface area contributed by atoms with Crippen molar-refractivity contribution < 1.29 is 13.5 Å². The number of aliphatic hydroxyl groups excluding tert-OH is 1. The standard InChI is InChI=1S/C9H15N3O3S/c1-11-5-9(10-7-11)16(14,15)12-3-2-8(4-12)6-13/h5,7-8,13H,2-4,6H2,1H3. The molecule has 1 fully saturated rings. The predicted octanol–water partition coefficient (Wildman–Crippen LogP) is -0.577. The smallest absolute Gasteiger partial charge is 0.262 e. The third-order valence-electron chi connectivity index (χ3n) is 2.79. The van der Waals surface area contributed by atoms with Crippen molar-refractivity contribution in [1.82, 2.24) is 13.9 Å². The van der Waals surface area contributed by atoms with Crippen LogP contribution < -0.4 is 0 Å². The second-order valence-corrected chi connectivity index (χ2v) is 5.96. The Morgan fingerprint density at radius 3 is 2.88 bits per heavy atom. The van der Waals surface area contributed by atoms with Gasteiger partial charge in [0.1, 0.15) is 0 Å². The molecule has 0 saturated carbocycles. The number of nitrogens with zero attached hydrogens (tertiary/aromatic N) is 3. The first-order valence-electron chi connectivity index (χ1n) is 5.13. The van der Waals surface area contributed by atoms with Crippen LogP contribution in [0.4, 0.5) is 0 Å². The van der Waals surface area contributed by atoms with Gasteiger partial charge >= 0.3 is 0 Å². The maximum Gasteiger partial charge on any atom is 0.262 e. The molecule has 0 aliphatic carbocycles. The van der Waals surface area contributed by atoms with E-state index < -0.39 is 10.0 Å². The Morgan fingerprint density at radius 1 is 1.62 bits per heavy atom. The van der Waals surface area contributed by atoms with Gasteiger partial charge in [-0.2, -0.15) is 4.31 Å². The monoisotopic (exact) mass is 245 g/mol. The van der Waals surface area contributed by atoms with E-state index in [4.69, 9.17) is 5.11 Å². The van der Waals surface area contributed by atoms with E-state index in [1.165, 1.54) is 16.8 Å². The fourth-order valence-electron chi connectivity index (χ4n) is 1.82. The number of rotatable bonds is 3. The largest absolute Gasteiger partial charge is 0.396 e. The van der Waals surface area contributed by atoms with Gasteiger partial charge in [0.05, 0.1) is 6.33 Å². The number of hydrogen-bond acceptors (Lipinski definition) is 4. The summed E-state index contributed by atoms with van der Waals surface area (Å²) in [5.74, 6) is 0.0542. The summed E-state index contributed by atoms with van der Waals surface area (Å²) in [5, 5.41) is 9.06. The highest BCUT2D eigenvalue weighted by atomic mass is 32.2. The highest BCUT2D eigenvalue weighted by molar-refractivity contribution is 7.89. The minimum absolute atomic E-state index is 0.0360. The summed E-state index contributed by atoms with van der Waals surface area (Å²) in [6.45, 7) is 0.883. The maximum atomic E-state index is 12.1. The summed E-state index contributed by atoms with van der Waals surface area (Å²) >= 11 is 0. The molecule has 2 heterocycles. The van der Waals surface area contributed by atoms with Crippen LogP contribution in [0.1, 0.15) is 6.42 Å². The molecule has 16 heavy (non-hydrogen) atoms. The van der Waals surface area contributed by atoms with E-state index in [2.05, 4.69) is 4.98 Å².